The van der Waals surface area contributed by atoms with Gasteiger partial charge in [-0.3, -0.25) is 10.9 Å². The number of allylic oxidation sites excluding steroid dienone is 4. The Morgan fingerprint density at radius 1 is 1.31 bits per heavy atom. The molecule has 2 aliphatic rings. The van der Waals surface area contributed by atoms with Gasteiger partial charge >= 0.3 is 0 Å². The van der Waals surface area contributed by atoms with Gasteiger partial charge in [-0.15, -0.1) is 0 Å². The Morgan fingerprint density at radius 2 is 2.00 bits per heavy atom. The fourth-order valence-corrected chi connectivity index (χ4v) is 4.46. The largest absolute Gasteiger partial charge is 0.375 e. The molecule has 0 radical (unpaired) electrons. The predicted molar refractivity (Wildman–Crippen MR) is 120 cm³/mol. The lowest BCUT2D eigenvalue weighted by atomic mass is 9.88. The van der Waals surface area contributed by atoms with E-state index in [-0.39, 0.29) is 5.92 Å². The Hall–Kier alpha value is -1.91. The maximum Gasteiger partial charge on any atom is 0.210 e. The molecule has 29 heavy (non-hydrogen) atoms. The summed E-state index contributed by atoms with van der Waals surface area (Å²) in [5.41, 5.74) is 10.7. The van der Waals surface area contributed by atoms with Crippen LogP contribution in [0.5, 0.6) is 0 Å². The van der Waals surface area contributed by atoms with Crippen LogP contribution in [0.15, 0.2) is 34.7 Å². The summed E-state index contributed by atoms with van der Waals surface area (Å²) < 4.78 is 25.0. The molecule has 2 rings (SSSR count). The molecule has 0 spiro atoms. The lowest BCUT2D eigenvalue weighted by Gasteiger charge is -2.31. The number of likely N-dealkylation sites (tertiary alicyclic amines) is 1. The van der Waals surface area contributed by atoms with E-state index in [1.54, 1.807) is 7.05 Å². The van der Waals surface area contributed by atoms with E-state index in [0.717, 1.165) is 43.6 Å². The molecule has 1 aliphatic heterocycles. The van der Waals surface area contributed by atoms with Crippen LogP contribution in [-0.2, 0) is 10.0 Å². The van der Waals surface area contributed by atoms with Crippen molar-refractivity contribution < 1.29 is 8.42 Å². The molecule has 1 unspecified atom stereocenters. The molecule has 1 saturated heterocycles. The minimum absolute atomic E-state index is 0.271. The number of hydrazine groups is 1. The van der Waals surface area contributed by atoms with Crippen LogP contribution < -0.4 is 10.9 Å². The van der Waals surface area contributed by atoms with Crippen molar-refractivity contribution >= 4 is 10.0 Å². The van der Waals surface area contributed by atoms with Gasteiger partial charge in [0.25, 0.3) is 0 Å². The maximum absolute atomic E-state index is 11.8. The molecule has 162 valence electrons. The summed E-state index contributed by atoms with van der Waals surface area (Å²) >= 11 is 0. The summed E-state index contributed by atoms with van der Waals surface area (Å²) in [5.74, 6) is 0.271. The lowest BCUT2D eigenvalue weighted by Crippen LogP contribution is -2.29. The van der Waals surface area contributed by atoms with Crippen molar-refractivity contribution in [3.8, 4) is 12.5 Å². The Morgan fingerprint density at radius 3 is 2.59 bits per heavy atom. The van der Waals surface area contributed by atoms with Crippen LogP contribution >= 0.6 is 0 Å². The van der Waals surface area contributed by atoms with Gasteiger partial charge < -0.3 is 4.90 Å². The van der Waals surface area contributed by atoms with Gasteiger partial charge in [0.05, 0.1) is 12.0 Å². The SMILES string of the molecule is C#CNNC1=CCC(N2CCCCC2)=CC(C(CC)CCN(C)S(C)(=O)=O)=C1C. The average molecular weight is 421 g/mol. The smallest absolute Gasteiger partial charge is 0.210 e. The van der Waals surface area contributed by atoms with Crippen LogP contribution in [-0.4, -0.2) is 50.6 Å². The second kappa shape index (κ2) is 10.7. The molecule has 0 aromatic carbocycles. The number of terminal acetylenes is 1. The molecular formula is C22H36N4O2S. The number of piperidine rings is 1. The van der Waals surface area contributed by atoms with E-state index in [4.69, 9.17) is 6.42 Å². The molecule has 0 bridgehead atoms. The highest BCUT2D eigenvalue weighted by molar-refractivity contribution is 7.88. The number of nitrogens with zero attached hydrogens (tertiary/aromatic N) is 2. The first-order chi connectivity index (χ1) is 13.8. The molecule has 1 atom stereocenters. The summed E-state index contributed by atoms with van der Waals surface area (Å²) in [4.78, 5) is 2.50. The molecule has 7 heteroatoms. The molecule has 2 N–H and O–H groups in total. The minimum atomic E-state index is -3.17. The first-order valence-corrected chi connectivity index (χ1v) is 12.4. The average Bonchev–Trinajstić information content (AvgIpc) is 2.86. The molecular weight excluding hydrogens is 384 g/mol. The van der Waals surface area contributed by atoms with Gasteiger partial charge in [-0.2, -0.15) is 0 Å². The normalized spacial score (nSPS) is 19.2. The third kappa shape index (κ3) is 6.55. The fraction of sp³-hybridized carbons (Fsp3) is 0.636. The third-order valence-corrected chi connectivity index (χ3v) is 7.31. The Bertz CT molecular complexity index is 799. The maximum atomic E-state index is 11.8. The summed E-state index contributed by atoms with van der Waals surface area (Å²) in [7, 11) is -1.52. The van der Waals surface area contributed by atoms with Gasteiger partial charge in [0.2, 0.25) is 10.0 Å². The Balaban J connectivity index is 2.33. The summed E-state index contributed by atoms with van der Waals surface area (Å²) in [6, 6.07) is 2.42. The topological polar surface area (TPSA) is 64.7 Å². The van der Waals surface area contributed by atoms with Crippen LogP contribution in [0.3, 0.4) is 0 Å². The zero-order chi connectivity index (χ0) is 21.4. The highest BCUT2D eigenvalue weighted by Gasteiger charge is 2.23. The minimum Gasteiger partial charge on any atom is -0.375 e. The molecule has 0 amide bonds. The van der Waals surface area contributed by atoms with E-state index in [0.29, 0.717) is 6.54 Å². The Kier molecular flexibility index (Phi) is 8.66. The molecule has 0 saturated carbocycles. The number of hydrogen-bond donors (Lipinski definition) is 2. The van der Waals surface area contributed by atoms with E-state index in [2.05, 4.69) is 47.8 Å². The van der Waals surface area contributed by atoms with Crippen molar-refractivity contribution in [2.24, 2.45) is 5.92 Å². The molecule has 1 fully saturated rings. The van der Waals surface area contributed by atoms with Gasteiger partial charge in [-0.1, -0.05) is 19.4 Å². The van der Waals surface area contributed by atoms with Crippen molar-refractivity contribution in [3.05, 3.63) is 34.7 Å². The van der Waals surface area contributed by atoms with Crippen LogP contribution in [0.4, 0.5) is 0 Å². The number of hydrogen-bond acceptors (Lipinski definition) is 5. The molecule has 6 nitrogen and oxygen atoms in total. The van der Waals surface area contributed by atoms with Crippen molar-refractivity contribution in [3.63, 3.8) is 0 Å². The molecule has 1 heterocycles. The Labute approximate surface area is 177 Å². The van der Waals surface area contributed by atoms with Crippen molar-refractivity contribution in [2.45, 2.75) is 52.4 Å². The zero-order valence-corrected chi connectivity index (χ0v) is 19.1. The highest BCUT2D eigenvalue weighted by Crippen LogP contribution is 2.32. The van der Waals surface area contributed by atoms with Gasteiger partial charge in [-0.25, -0.2) is 12.7 Å². The van der Waals surface area contributed by atoms with Crippen LogP contribution in [0.1, 0.15) is 52.4 Å². The van der Waals surface area contributed by atoms with Crippen molar-refractivity contribution in [1.82, 2.24) is 20.1 Å². The zero-order valence-electron chi connectivity index (χ0n) is 18.3. The van der Waals surface area contributed by atoms with E-state index in [1.807, 2.05) is 0 Å². The van der Waals surface area contributed by atoms with Gasteiger partial charge in [0.1, 0.15) is 0 Å². The standard InChI is InChI=1S/C22H36N4O2S/c1-6-19(13-16-25(4)29(5,27)28)21-17-20(26-14-9-8-10-15-26)11-12-22(18(21)3)24-23-7-2/h2,12,17,19,23-24H,6,8-11,13-16H2,1,3-5H3. The third-order valence-electron chi connectivity index (χ3n) is 6.00. The van der Waals surface area contributed by atoms with Gasteiger partial charge in [0.15, 0.2) is 0 Å². The molecule has 0 aromatic rings. The van der Waals surface area contributed by atoms with Crippen LogP contribution in [0.2, 0.25) is 0 Å². The number of nitrogens with one attached hydrogen (secondary N) is 2. The summed E-state index contributed by atoms with van der Waals surface area (Å²) in [6.45, 7) is 7.00. The number of rotatable bonds is 9. The van der Waals surface area contributed by atoms with E-state index in [1.165, 1.54) is 41.1 Å². The van der Waals surface area contributed by atoms with Gasteiger partial charge in [0, 0.05) is 44.8 Å². The van der Waals surface area contributed by atoms with Crippen LogP contribution in [0, 0.1) is 18.4 Å². The second-order valence-corrected chi connectivity index (χ2v) is 10.0. The van der Waals surface area contributed by atoms with Gasteiger partial charge in [-0.05, 0) is 62.2 Å². The lowest BCUT2D eigenvalue weighted by molar-refractivity contribution is 0.280. The fourth-order valence-electron chi connectivity index (χ4n) is 4.02. The van der Waals surface area contributed by atoms with E-state index in [9.17, 15) is 8.42 Å². The monoisotopic (exact) mass is 420 g/mol. The highest BCUT2D eigenvalue weighted by atomic mass is 32.2. The van der Waals surface area contributed by atoms with Crippen molar-refractivity contribution in [2.75, 3.05) is 32.9 Å². The first-order valence-electron chi connectivity index (χ1n) is 10.5. The quantitative estimate of drug-likeness (QED) is 0.341. The first kappa shape index (κ1) is 23.4. The van der Waals surface area contributed by atoms with E-state index < -0.39 is 10.0 Å². The molecule has 0 aromatic heterocycles. The van der Waals surface area contributed by atoms with Crippen molar-refractivity contribution in [1.29, 1.82) is 0 Å². The van der Waals surface area contributed by atoms with Crippen LogP contribution in [0.25, 0.3) is 0 Å². The number of sulfonamides is 1. The summed E-state index contributed by atoms with van der Waals surface area (Å²) in [6.07, 6.45) is 17.5. The second-order valence-electron chi connectivity index (χ2n) is 7.96. The predicted octanol–water partition coefficient (Wildman–Crippen LogP) is 2.95. The summed E-state index contributed by atoms with van der Waals surface area (Å²) in [5, 5.41) is 0. The van der Waals surface area contributed by atoms with E-state index >= 15 is 0 Å². The molecule has 1 aliphatic carbocycles.